The summed E-state index contributed by atoms with van der Waals surface area (Å²) in [6.07, 6.45) is 0. The molecule has 0 aromatic heterocycles. The van der Waals surface area contributed by atoms with Gasteiger partial charge in [0.15, 0.2) is 0 Å². The van der Waals surface area contributed by atoms with Gasteiger partial charge in [-0.1, -0.05) is 29.8 Å². The van der Waals surface area contributed by atoms with Crippen molar-refractivity contribution in [3.63, 3.8) is 0 Å². The number of carbonyl (C=O) groups excluding carboxylic acids is 1. The fraction of sp³-hybridized carbons (Fsp3) is 0.278. The molecule has 2 aromatic carbocycles. The molecule has 0 radical (unpaired) electrons. The maximum atomic E-state index is 13.7. The van der Waals surface area contributed by atoms with Gasteiger partial charge in [-0.25, -0.2) is 12.8 Å². The van der Waals surface area contributed by atoms with Crippen LogP contribution in [0.1, 0.15) is 15.9 Å². The minimum absolute atomic E-state index is 0.0230. The second-order valence-corrected chi connectivity index (χ2v) is 9.50. The molecule has 0 atom stereocenters. The van der Waals surface area contributed by atoms with Crippen molar-refractivity contribution in [1.29, 1.82) is 0 Å². The van der Waals surface area contributed by atoms with Crippen LogP contribution >= 0.6 is 23.4 Å². The van der Waals surface area contributed by atoms with Crippen LogP contribution in [0.15, 0.2) is 47.4 Å². The van der Waals surface area contributed by atoms with Crippen LogP contribution in [-0.2, 0) is 16.6 Å². The Balaban J connectivity index is 1.80. The van der Waals surface area contributed by atoms with Crippen molar-refractivity contribution in [2.24, 2.45) is 0 Å². The number of thioether (sulfide) groups is 1. The molecule has 3 rings (SSSR count). The lowest BCUT2D eigenvalue weighted by Gasteiger charge is -2.25. The van der Waals surface area contributed by atoms with Crippen molar-refractivity contribution in [2.75, 3.05) is 24.6 Å². The SMILES string of the molecule is O=C(NCc1ccccc1F)c1cc(S(=O)(=O)N2CCSCC2)ccc1Cl. The van der Waals surface area contributed by atoms with Gasteiger partial charge in [0.05, 0.1) is 15.5 Å². The van der Waals surface area contributed by atoms with Crippen LogP contribution in [0.5, 0.6) is 0 Å². The summed E-state index contributed by atoms with van der Waals surface area (Å²) in [5.74, 6) is 0.490. The third kappa shape index (κ3) is 4.63. The van der Waals surface area contributed by atoms with Gasteiger partial charge in [-0.3, -0.25) is 4.79 Å². The number of nitrogens with one attached hydrogen (secondary N) is 1. The van der Waals surface area contributed by atoms with Crippen LogP contribution in [0.3, 0.4) is 0 Å². The Kier molecular flexibility index (Phi) is 6.41. The molecule has 0 spiro atoms. The molecule has 0 aliphatic carbocycles. The highest BCUT2D eigenvalue weighted by atomic mass is 35.5. The average molecular weight is 429 g/mol. The zero-order chi connectivity index (χ0) is 19.4. The van der Waals surface area contributed by atoms with E-state index in [9.17, 15) is 17.6 Å². The van der Waals surface area contributed by atoms with Gasteiger partial charge in [-0.15, -0.1) is 0 Å². The largest absolute Gasteiger partial charge is 0.348 e. The molecule has 0 saturated carbocycles. The van der Waals surface area contributed by atoms with Crippen molar-refractivity contribution in [3.05, 3.63) is 64.4 Å². The summed E-state index contributed by atoms with van der Waals surface area (Å²) in [6, 6.07) is 10.2. The minimum atomic E-state index is -3.69. The van der Waals surface area contributed by atoms with Gasteiger partial charge >= 0.3 is 0 Å². The van der Waals surface area contributed by atoms with E-state index in [1.807, 2.05) is 0 Å². The van der Waals surface area contributed by atoms with E-state index in [4.69, 9.17) is 11.6 Å². The molecular formula is C18H18ClFN2O3S2. The zero-order valence-electron chi connectivity index (χ0n) is 14.3. The molecule has 1 N–H and O–H groups in total. The number of carbonyl (C=O) groups is 1. The second-order valence-electron chi connectivity index (χ2n) is 5.93. The van der Waals surface area contributed by atoms with Crippen LogP contribution in [0.2, 0.25) is 5.02 Å². The van der Waals surface area contributed by atoms with E-state index in [-0.39, 0.29) is 22.0 Å². The maximum Gasteiger partial charge on any atom is 0.253 e. The highest BCUT2D eigenvalue weighted by Gasteiger charge is 2.27. The molecule has 9 heteroatoms. The molecule has 1 saturated heterocycles. The highest BCUT2D eigenvalue weighted by molar-refractivity contribution is 7.99. The third-order valence-electron chi connectivity index (χ3n) is 4.19. The Morgan fingerprint density at radius 1 is 1.19 bits per heavy atom. The fourth-order valence-corrected chi connectivity index (χ4v) is 5.49. The first-order chi connectivity index (χ1) is 12.9. The third-order valence-corrected chi connectivity index (χ3v) is 7.35. The molecule has 144 valence electrons. The van der Waals surface area contributed by atoms with Gasteiger partial charge < -0.3 is 5.32 Å². The number of rotatable bonds is 5. The molecule has 2 aromatic rings. The Labute approximate surface area is 166 Å². The fourth-order valence-electron chi connectivity index (χ4n) is 2.69. The summed E-state index contributed by atoms with van der Waals surface area (Å²) in [7, 11) is -3.69. The van der Waals surface area contributed by atoms with Crippen LogP contribution in [-0.4, -0.2) is 43.2 Å². The van der Waals surface area contributed by atoms with Crippen molar-refractivity contribution in [2.45, 2.75) is 11.4 Å². The minimum Gasteiger partial charge on any atom is -0.348 e. The standard InChI is InChI=1S/C18H18ClFN2O3S2/c19-16-6-5-14(27(24,25)22-7-9-26-10-8-22)11-15(16)18(23)21-12-13-3-1-2-4-17(13)20/h1-6,11H,7-10,12H2,(H,21,23). The predicted octanol–water partition coefficient (Wildman–Crippen LogP) is 3.15. The summed E-state index contributed by atoms with van der Waals surface area (Å²) < 4.78 is 40.7. The summed E-state index contributed by atoms with van der Waals surface area (Å²) in [4.78, 5) is 12.5. The average Bonchev–Trinajstić information content (AvgIpc) is 2.68. The van der Waals surface area contributed by atoms with Gasteiger partial charge in [-0.2, -0.15) is 16.1 Å². The lowest BCUT2D eigenvalue weighted by atomic mass is 10.2. The molecule has 0 unspecified atom stereocenters. The first-order valence-electron chi connectivity index (χ1n) is 8.28. The van der Waals surface area contributed by atoms with E-state index in [0.717, 1.165) is 11.5 Å². The predicted molar refractivity (Wildman–Crippen MR) is 105 cm³/mol. The van der Waals surface area contributed by atoms with Crippen molar-refractivity contribution >= 4 is 39.3 Å². The Bertz CT molecular complexity index is 947. The highest BCUT2D eigenvalue weighted by Crippen LogP contribution is 2.25. The number of benzene rings is 2. The zero-order valence-corrected chi connectivity index (χ0v) is 16.7. The molecular weight excluding hydrogens is 411 g/mol. The monoisotopic (exact) mass is 428 g/mol. The molecule has 1 heterocycles. The number of halogens is 2. The quantitative estimate of drug-likeness (QED) is 0.794. The van der Waals surface area contributed by atoms with E-state index in [0.29, 0.717) is 18.7 Å². The first-order valence-corrected chi connectivity index (χ1v) is 11.3. The summed E-state index contributed by atoms with van der Waals surface area (Å²) >= 11 is 7.80. The first kappa shape index (κ1) is 20.1. The van der Waals surface area contributed by atoms with Crippen LogP contribution in [0.25, 0.3) is 0 Å². The van der Waals surface area contributed by atoms with Crippen LogP contribution in [0, 0.1) is 5.82 Å². The number of amides is 1. The molecule has 27 heavy (non-hydrogen) atoms. The summed E-state index contributed by atoms with van der Waals surface area (Å²) in [5.41, 5.74) is 0.372. The second kappa shape index (κ2) is 8.60. The molecule has 1 aliphatic rings. The number of hydrogen-bond donors (Lipinski definition) is 1. The maximum absolute atomic E-state index is 13.7. The summed E-state index contributed by atoms with van der Waals surface area (Å²) in [6.45, 7) is 0.844. The summed E-state index contributed by atoms with van der Waals surface area (Å²) in [5, 5.41) is 2.71. The molecule has 1 fully saturated rings. The van der Waals surface area contributed by atoms with Gasteiger partial charge in [0.2, 0.25) is 10.0 Å². The van der Waals surface area contributed by atoms with Crippen LogP contribution in [0.4, 0.5) is 4.39 Å². The van der Waals surface area contributed by atoms with E-state index >= 15 is 0 Å². The smallest absolute Gasteiger partial charge is 0.253 e. The van der Waals surface area contributed by atoms with E-state index in [1.165, 1.54) is 28.6 Å². The Hall–Kier alpha value is -1.61. The van der Waals surface area contributed by atoms with Crippen LogP contribution < -0.4 is 5.32 Å². The molecule has 0 bridgehead atoms. The van der Waals surface area contributed by atoms with Gasteiger partial charge in [0.1, 0.15) is 5.82 Å². The van der Waals surface area contributed by atoms with Gasteiger partial charge in [0, 0.05) is 36.7 Å². The molecule has 5 nitrogen and oxygen atoms in total. The van der Waals surface area contributed by atoms with E-state index in [1.54, 1.807) is 30.0 Å². The van der Waals surface area contributed by atoms with Crippen molar-refractivity contribution in [1.82, 2.24) is 9.62 Å². The van der Waals surface area contributed by atoms with E-state index < -0.39 is 21.7 Å². The van der Waals surface area contributed by atoms with E-state index in [2.05, 4.69) is 5.32 Å². The molecule has 1 aliphatic heterocycles. The lowest BCUT2D eigenvalue weighted by molar-refractivity contribution is 0.0950. The number of hydrogen-bond acceptors (Lipinski definition) is 4. The number of nitrogens with zero attached hydrogens (tertiary/aromatic N) is 1. The molecule has 1 amide bonds. The lowest BCUT2D eigenvalue weighted by Crippen LogP contribution is -2.38. The Morgan fingerprint density at radius 2 is 1.89 bits per heavy atom. The Morgan fingerprint density at radius 3 is 2.59 bits per heavy atom. The normalized spacial score (nSPS) is 15.5. The van der Waals surface area contributed by atoms with Crippen molar-refractivity contribution < 1.29 is 17.6 Å². The van der Waals surface area contributed by atoms with Crippen molar-refractivity contribution in [3.8, 4) is 0 Å². The topological polar surface area (TPSA) is 66.5 Å². The van der Waals surface area contributed by atoms with Gasteiger partial charge in [-0.05, 0) is 24.3 Å². The van der Waals surface area contributed by atoms with Gasteiger partial charge in [0.25, 0.3) is 5.91 Å². The number of sulfonamides is 1.